The van der Waals surface area contributed by atoms with Crippen molar-refractivity contribution < 1.29 is 14.7 Å². The van der Waals surface area contributed by atoms with Gasteiger partial charge in [0.15, 0.2) is 0 Å². The molecular formula is C36H41N7O3S. The number of carbonyl (C=O) groups is 2. The van der Waals surface area contributed by atoms with E-state index in [1.807, 2.05) is 55.0 Å². The zero-order valence-electron chi connectivity index (χ0n) is 27.1. The molecular weight excluding hydrogens is 611 g/mol. The molecule has 0 unspecified atom stereocenters. The molecule has 0 aliphatic rings. The largest absolute Gasteiger partial charge is 0.390 e. The first-order valence-electron chi connectivity index (χ1n) is 15.6. The molecule has 2 aromatic carbocycles. The summed E-state index contributed by atoms with van der Waals surface area (Å²) in [7, 11) is 1.72. The van der Waals surface area contributed by atoms with Crippen LogP contribution in [0.25, 0.3) is 11.4 Å². The summed E-state index contributed by atoms with van der Waals surface area (Å²) in [5, 5.41) is 20.5. The van der Waals surface area contributed by atoms with Crippen LogP contribution in [0.4, 0.5) is 0 Å². The van der Waals surface area contributed by atoms with Crippen molar-refractivity contribution in [3.05, 3.63) is 123 Å². The molecule has 0 saturated carbocycles. The number of hydrogen-bond acceptors (Lipinski definition) is 8. The third-order valence-corrected chi connectivity index (χ3v) is 8.80. The number of H-pyrrole nitrogens is 1. The highest BCUT2D eigenvalue weighted by Crippen LogP contribution is 2.22. The molecule has 0 aliphatic carbocycles. The van der Waals surface area contributed by atoms with E-state index in [0.717, 1.165) is 27.4 Å². The van der Waals surface area contributed by atoms with Crippen molar-refractivity contribution in [1.82, 2.24) is 35.5 Å². The van der Waals surface area contributed by atoms with Crippen molar-refractivity contribution in [2.75, 3.05) is 13.6 Å². The molecule has 5 aromatic rings. The first kappa shape index (κ1) is 33.6. The van der Waals surface area contributed by atoms with Crippen LogP contribution in [-0.4, -0.2) is 67.5 Å². The summed E-state index contributed by atoms with van der Waals surface area (Å²) in [4.78, 5) is 45.3. The maximum Gasteiger partial charge on any atom is 0.254 e. The molecule has 0 saturated heterocycles. The average Bonchev–Trinajstić information content (AvgIpc) is 3.76. The summed E-state index contributed by atoms with van der Waals surface area (Å²) < 4.78 is 0. The molecule has 5 rings (SSSR count). The van der Waals surface area contributed by atoms with Gasteiger partial charge in [0.25, 0.3) is 11.8 Å². The number of pyridine rings is 1. The minimum absolute atomic E-state index is 0.249. The van der Waals surface area contributed by atoms with E-state index in [4.69, 9.17) is 0 Å². The number of aliphatic hydroxyl groups excluding tert-OH is 1. The van der Waals surface area contributed by atoms with E-state index in [1.165, 1.54) is 11.3 Å². The van der Waals surface area contributed by atoms with Gasteiger partial charge in [-0.25, -0.2) is 9.97 Å². The molecule has 47 heavy (non-hydrogen) atoms. The highest BCUT2D eigenvalue weighted by Gasteiger charge is 2.24. The molecule has 0 aliphatic heterocycles. The number of aryl methyl sites for hydroxylation is 1. The van der Waals surface area contributed by atoms with Crippen LogP contribution in [0.5, 0.6) is 0 Å². The Morgan fingerprint density at radius 2 is 1.83 bits per heavy atom. The van der Waals surface area contributed by atoms with E-state index >= 15 is 0 Å². The van der Waals surface area contributed by atoms with Gasteiger partial charge in [-0.15, -0.1) is 11.3 Å². The summed E-state index contributed by atoms with van der Waals surface area (Å²) in [5.74, 6) is 0.247. The smallest absolute Gasteiger partial charge is 0.254 e. The van der Waals surface area contributed by atoms with Crippen molar-refractivity contribution in [3.8, 4) is 11.4 Å². The van der Waals surface area contributed by atoms with E-state index in [1.54, 1.807) is 42.5 Å². The number of nitrogens with zero attached hydrogens (tertiary/aromatic N) is 4. The SMILES string of the molecule is Cc1csc(CN(C)C(=O)c2cc(C(=O)N[C@@H](Cc3ccccc3)[C@H](O)CNCc3cncc(C(C)C)c3)cc(-c3ncc[nH]3)c2)n1. The lowest BCUT2D eigenvalue weighted by Gasteiger charge is -2.25. The predicted molar refractivity (Wildman–Crippen MR) is 184 cm³/mol. The van der Waals surface area contributed by atoms with Gasteiger partial charge < -0.3 is 25.6 Å². The molecule has 0 bridgehead atoms. The Balaban J connectivity index is 1.35. The number of benzene rings is 2. The minimum Gasteiger partial charge on any atom is -0.390 e. The Morgan fingerprint density at radius 3 is 2.53 bits per heavy atom. The molecule has 0 spiro atoms. The first-order chi connectivity index (χ1) is 22.7. The van der Waals surface area contributed by atoms with Crippen LogP contribution in [0.2, 0.25) is 0 Å². The van der Waals surface area contributed by atoms with Crippen molar-refractivity contribution in [1.29, 1.82) is 0 Å². The lowest BCUT2D eigenvalue weighted by Crippen LogP contribution is -2.48. The second-order valence-electron chi connectivity index (χ2n) is 12.0. The summed E-state index contributed by atoms with van der Waals surface area (Å²) >= 11 is 1.50. The number of hydrogen-bond donors (Lipinski definition) is 4. The number of rotatable bonds is 14. The van der Waals surface area contributed by atoms with Crippen LogP contribution in [0.3, 0.4) is 0 Å². The van der Waals surface area contributed by atoms with Crippen LogP contribution in [0.15, 0.2) is 84.8 Å². The van der Waals surface area contributed by atoms with Gasteiger partial charge in [0.2, 0.25) is 0 Å². The maximum absolute atomic E-state index is 13.9. The van der Waals surface area contributed by atoms with Crippen molar-refractivity contribution >= 4 is 23.2 Å². The number of aliphatic hydroxyl groups is 1. The Kier molecular flexibility index (Phi) is 11.3. The maximum atomic E-state index is 13.9. The summed E-state index contributed by atoms with van der Waals surface area (Å²) in [6.07, 6.45) is 6.51. The molecule has 0 fully saturated rings. The number of aromatic nitrogens is 4. The first-order valence-corrected chi connectivity index (χ1v) is 16.5. The number of thiazole rings is 1. The summed E-state index contributed by atoms with van der Waals surface area (Å²) in [5.41, 5.74) is 5.29. The molecule has 0 radical (unpaired) electrons. The van der Waals surface area contributed by atoms with Gasteiger partial charge in [-0.1, -0.05) is 50.2 Å². The van der Waals surface area contributed by atoms with Crippen molar-refractivity contribution in [2.45, 2.75) is 58.3 Å². The van der Waals surface area contributed by atoms with Gasteiger partial charge in [-0.05, 0) is 54.2 Å². The number of imidazole rings is 1. The standard InChI is InChI=1S/C36H41N7O3S/c1-23(2)30-12-26(17-37-19-30)18-38-20-32(44)31(13-25-8-6-5-7-9-25)42-35(45)28-14-27(34-39-10-11-40-34)15-29(16-28)36(46)43(4)21-33-41-24(3)22-47-33/h5-12,14-17,19,22-23,31-32,38,44H,13,18,20-21H2,1-4H3,(H,39,40)(H,42,45)/t31-,32+/m0/s1. The highest BCUT2D eigenvalue weighted by molar-refractivity contribution is 7.09. The fourth-order valence-corrected chi connectivity index (χ4v) is 6.07. The fraction of sp³-hybridized carbons (Fsp3) is 0.306. The van der Waals surface area contributed by atoms with E-state index in [2.05, 4.69) is 50.5 Å². The fourth-order valence-electron chi connectivity index (χ4n) is 5.24. The second kappa shape index (κ2) is 15.7. The Morgan fingerprint density at radius 1 is 1.04 bits per heavy atom. The van der Waals surface area contributed by atoms with Gasteiger partial charge >= 0.3 is 0 Å². The molecule has 2 atom stereocenters. The predicted octanol–water partition coefficient (Wildman–Crippen LogP) is 5.12. The summed E-state index contributed by atoms with van der Waals surface area (Å²) in [6, 6.07) is 16.3. The molecule has 2 amide bonds. The molecule has 11 heteroatoms. The third kappa shape index (κ3) is 9.19. The third-order valence-electron chi connectivity index (χ3n) is 7.84. The van der Waals surface area contributed by atoms with Crippen LogP contribution in [-0.2, 0) is 19.5 Å². The number of carbonyl (C=O) groups excluding carboxylic acids is 2. The monoisotopic (exact) mass is 651 g/mol. The second-order valence-corrected chi connectivity index (χ2v) is 13.0. The van der Waals surface area contributed by atoms with E-state index < -0.39 is 18.1 Å². The minimum atomic E-state index is -0.900. The van der Waals surface area contributed by atoms with Crippen molar-refractivity contribution in [2.24, 2.45) is 0 Å². The zero-order valence-corrected chi connectivity index (χ0v) is 27.9. The van der Waals surface area contributed by atoms with Gasteiger partial charge in [-0.3, -0.25) is 14.6 Å². The van der Waals surface area contributed by atoms with Gasteiger partial charge in [0.1, 0.15) is 10.8 Å². The Hall–Kier alpha value is -4.71. The quantitative estimate of drug-likeness (QED) is 0.131. The van der Waals surface area contributed by atoms with E-state index in [9.17, 15) is 14.7 Å². The molecule has 10 nitrogen and oxygen atoms in total. The van der Waals surface area contributed by atoms with E-state index in [-0.39, 0.29) is 18.0 Å². The number of amides is 2. The van der Waals surface area contributed by atoms with Gasteiger partial charge in [0, 0.05) is 72.7 Å². The highest BCUT2D eigenvalue weighted by atomic mass is 32.1. The van der Waals surface area contributed by atoms with E-state index in [0.29, 0.717) is 42.4 Å². The van der Waals surface area contributed by atoms with Crippen LogP contribution in [0.1, 0.15) is 67.9 Å². The van der Waals surface area contributed by atoms with Gasteiger partial charge in [0.05, 0.1) is 18.7 Å². The topological polar surface area (TPSA) is 136 Å². The Labute approximate surface area is 279 Å². The lowest BCUT2D eigenvalue weighted by molar-refractivity contribution is 0.0784. The number of aromatic amines is 1. The van der Waals surface area contributed by atoms with Gasteiger partial charge in [-0.2, -0.15) is 0 Å². The molecule has 244 valence electrons. The zero-order chi connectivity index (χ0) is 33.3. The lowest BCUT2D eigenvalue weighted by atomic mass is 9.99. The molecule has 4 N–H and O–H groups in total. The summed E-state index contributed by atoms with van der Waals surface area (Å²) in [6.45, 7) is 7.29. The average molecular weight is 652 g/mol. The Bertz CT molecular complexity index is 1770. The van der Waals surface area contributed by atoms with Crippen molar-refractivity contribution in [3.63, 3.8) is 0 Å². The number of nitrogens with one attached hydrogen (secondary N) is 3. The van der Waals surface area contributed by atoms with Crippen LogP contribution in [0, 0.1) is 6.92 Å². The molecule has 3 heterocycles. The van der Waals surface area contributed by atoms with Crippen LogP contribution >= 0.6 is 11.3 Å². The molecule has 3 aromatic heterocycles. The van der Waals surface area contributed by atoms with Crippen LogP contribution < -0.4 is 10.6 Å². The normalized spacial score (nSPS) is 12.6.